The minimum atomic E-state index is 0.158. The summed E-state index contributed by atoms with van der Waals surface area (Å²) in [5, 5.41) is 9.82. The van der Waals surface area contributed by atoms with E-state index in [1.807, 2.05) is 18.2 Å². The Labute approximate surface area is 98.6 Å². The summed E-state index contributed by atoms with van der Waals surface area (Å²) in [4.78, 5) is 1.09. The molecule has 0 saturated carbocycles. The van der Waals surface area contributed by atoms with E-state index in [2.05, 4.69) is 18.7 Å². The quantitative estimate of drug-likeness (QED) is 0.812. The van der Waals surface area contributed by atoms with Gasteiger partial charge in [0.2, 0.25) is 0 Å². The van der Waals surface area contributed by atoms with E-state index in [1.165, 1.54) is 23.6 Å². The molecule has 0 unspecified atom stereocenters. The molecule has 0 aliphatic rings. The van der Waals surface area contributed by atoms with Crippen LogP contribution in [0.2, 0.25) is 0 Å². The highest BCUT2D eigenvalue weighted by Gasteiger charge is 2.02. The van der Waals surface area contributed by atoms with E-state index in [0.29, 0.717) is 5.09 Å². The van der Waals surface area contributed by atoms with Crippen LogP contribution in [0.1, 0.15) is 5.56 Å². The fourth-order valence-corrected chi connectivity index (χ4v) is 2.12. The fraction of sp³-hybridized carbons (Fsp3) is 0.0769. The molecule has 1 heterocycles. The zero-order valence-corrected chi connectivity index (χ0v) is 9.54. The van der Waals surface area contributed by atoms with E-state index in [0.717, 1.165) is 11.3 Å². The van der Waals surface area contributed by atoms with Gasteiger partial charge in [-0.3, -0.25) is 0 Å². The van der Waals surface area contributed by atoms with Gasteiger partial charge in [0, 0.05) is 11.0 Å². The van der Waals surface area contributed by atoms with E-state index in [4.69, 9.17) is 9.52 Å². The molecule has 2 aromatic rings. The zero-order chi connectivity index (χ0) is 11.4. The summed E-state index contributed by atoms with van der Waals surface area (Å²) in [6.07, 6.45) is 4.09. The summed E-state index contributed by atoms with van der Waals surface area (Å²) in [5.41, 5.74) is 1.24. The lowest BCUT2D eigenvalue weighted by atomic mass is 10.2. The number of allylic oxidation sites excluding steroid dienone is 1. The first-order chi connectivity index (χ1) is 7.78. The molecule has 82 valence electrons. The summed E-state index contributed by atoms with van der Waals surface area (Å²) in [7, 11) is 0. The van der Waals surface area contributed by atoms with Gasteiger partial charge in [-0.05, 0) is 24.1 Å². The Kier molecular flexibility index (Phi) is 3.37. The Morgan fingerprint density at radius 3 is 2.62 bits per heavy atom. The van der Waals surface area contributed by atoms with Crippen molar-refractivity contribution >= 4 is 11.8 Å². The number of hydrogen-bond acceptors (Lipinski definition) is 3. The van der Waals surface area contributed by atoms with Crippen LogP contribution in [-0.2, 0) is 6.42 Å². The van der Waals surface area contributed by atoms with Crippen LogP contribution in [0, 0.1) is 0 Å². The van der Waals surface area contributed by atoms with Crippen LogP contribution in [-0.4, -0.2) is 5.11 Å². The molecule has 2 rings (SSSR count). The van der Waals surface area contributed by atoms with Gasteiger partial charge in [-0.15, -0.1) is 6.58 Å². The van der Waals surface area contributed by atoms with Crippen LogP contribution in [0.5, 0.6) is 5.75 Å². The average Bonchev–Trinajstić information content (AvgIpc) is 2.67. The summed E-state index contributed by atoms with van der Waals surface area (Å²) < 4.78 is 5.14. The molecule has 1 aromatic heterocycles. The number of benzene rings is 1. The predicted molar refractivity (Wildman–Crippen MR) is 64.8 cm³/mol. The van der Waals surface area contributed by atoms with Crippen LogP contribution in [0.3, 0.4) is 0 Å². The third-order valence-corrected chi connectivity index (χ3v) is 3.01. The largest absolute Gasteiger partial charge is 0.505 e. The van der Waals surface area contributed by atoms with E-state index >= 15 is 0 Å². The van der Waals surface area contributed by atoms with Gasteiger partial charge in [-0.2, -0.15) is 0 Å². The molecular formula is C13H12O2S. The van der Waals surface area contributed by atoms with Crippen molar-refractivity contribution in [1.29, 1.82) is 0 Å². The minimum Gasteiger partial charge on any atom is -0.505 e. The van der Waals surface area contributed by atoms with E-state index in [9.17, 15) is 0 Å². The van der Waals surface area contributed by atoms with Crippen LogP contribution in [0.15, 0.2) is 63.7 Å². The first-order valence-corrected chi connectivity index (χ1v) is 5.75. The molecule has 0 fully saturated rings. The van der Waals surface area contributed by atoms with E-state index in [1.54, 1.807) is 6.07 Å². The van der Waals surface area contributed by atoms with Gasteiger partial charge in [0.05, 0.1) is 0 Å². The van der Waals surface area contributed by atoms with Crippen molar-refractivity contribution in [3.8, 4) is 5.75 Å². The molecule has 1 aromatic carbocycles. The third-order valence-electron chi connectivity index (χ3n) is 2.08. The van der Waals surface area contributed by atoms with Crippen molar-refractivity contribution in [1.82, 2.24) is 0 Å². The summed E-state index contributed by atoms with van der Waals surface area (Å²) in [6, 6.07) is 9.79. The Hall–Kier alpha value is -1.61. The maximum atomic E-state index is 9.13. The van der Waals surface area contributed by atoms with Crippen LogP contribution in [0.25, 0.3) is 0 Å². The Morgan fingerprint density at radius 1 is 1.31 bits per heavy atom. The lowest BCUT2D eigenvalue weighted by Crippen LogP contribution is -1.79. The molecule has 0 spiro atoms. The second-order valence-electron chi connectivity index (χ2n) is 3.36. The van der Waals surface area contributed by atoms with Crippen LogP contribution < -0.4 is 0 Å². The molecule has 1 N–H and O–H groups in total. The van der Waals surface area contributed by atoms with Crippen molar-refractivity contribution < 1.29 is 9.52 Å². The van der Waals surface area contributed by atoms with Crippen molar-refractivity contribution in [2.45, 2.75) is 16.4 Å². The molecule has 0 atom stereocenters. The standard InChI is InChI=1S/C13H12O2S/c1-2-3-10-4-6-12(7-5-10)16-13-8-11(14)9-15-13/h2,4-9,14H,1,3H2. The van der Waals surface area contributed by atoms with Crippen LogP contribution >= 0.6 is 11.8 Å². The topological polar surface area (TPSA) is 33.4 Å². The maximum Gasteiger partial charge on any atom is 0.168 e. The van der Waals surface area contributed by atoms with Gasteiger partial charge >= 0.3 is 0 Å². The van der Waals surface area contributed by atoms with Crippen molar-refractivity contribution in [2.24, 2.45) is 0 Å². The highest BCUT2D eigenvalue weighted by Crippen LogP contribution is 2.31. The Bertz CT molecular complexity index is 471. The monoisotopic (exact) mass is 232 g/mol. The van der Waals surface area contributed by atoms with E-state index in [-0.39, 0.29) is 5.75 Å². The molecule has 0 saturated heterocycles. The normalized spacial score (nSPS) is 10.2. The smallest absolute Gasteiger partial charge is 0.168 e. The van der Waals surface area contributed by atoms with Gasteiger partial charge in [-0.1, -0.05) is 30.0 Å². The van der Waals surface area contributed by atoms with Gasteiger partial charge < -0.3 is 9.52 Å². The minimum absolute atomic E-state index is 0.158. The molecule has 0 bridgehead atoms. The second kappa shape index (κ2) is 4.94. The molecule has 16 heavy (non-hydrogen) atoms. The van der Waals surface area contributed by atoms with Gasteiger partial charge in [0.1, 0.15) is 6.26 Å². The fourth-order valence-electron chi connectivity index (χ4n) is 1.34. The van der Waals surface area contributed by atoms with Gasteiger partial charge in [0.15, 0.2) is 10.8 Å². The maximum absolute atomic E-state index is 9.13. The number of rotatable bonds is 4. The Morgan fingerprint density at radius 2 is 2.06 bits per heavy atom. The Balaban J connectivity index is 2.07. The first-order valence-electron chi connectivity index (χ1n) is 4.93. The SMILES string of the molecule is C=CCc1ccc(Sc2cc(O)co2)cc1. The zero-order valence-electron chi connectivity index (χ0n) is 8.72. The lowest BCUT2D eigenvalue weighted by molar-refractivity contribution is 0.440. The number of hydrogen-bond donors (Lipinski definition) is 1. The second-order valence-corrected chi connectivity index (χ2v) is 4.44. The molecule has 3 heteroatoms. The van der Waals surface area contributed by atoms with Crippen molar-refractivity contribution in [2.75, 3.05) is 0 Å². The summed E-state index contributed by atoms with van der Waals surface area (Å²) in [6.45, 7) is 3.70. The first kappa shape index (κ1) is 10.9. The summed E-state index contributed by atoms with van der Waals surface area (Å²) in [5.74, 6) is 0.158. The molecule has 0 aliphatic carbocycles. The average molecular weight is 232 g/mol. The highest BCUT2D eigenvalue weighted by atomic mass is 32.2. The highest BCUT2D eigenvalue weighted by molar-refractivity contribution is 7.99. The molecular weight excluding hydrogens is 220 g/mol. The van der Waals surface area contributed by atoms with Crippen molar-refractivity contribution in [3.05, 3.63) is 54.8 Å². The lowest BCUT2D eigenvalue weighted by Gasteiger charge is -1.99. The van der Waals surface area contributed by atoms with E-state index < -0.39 is 0 Å². The molecule has 0 radical (unpaired) electrons. The van der Waals surface area contributed by atoms with Gasteiger partial charge in [-0.25, -0.2) is 0 Å². The number of furan rings is 1. The predicted octanol–water partition coefficient (Wildman–Crippen LogP) is 3.86. The number of aromatic hydroxyl groups is 1. The van der Waals surface area contributed by atoms with Crippen molar-refractivity contribution in [3.63, 3.8) is 0 Å². The molecule has 2 nitrogen and oxygen atoms in total. The third kappa shape index (κ3) is 2.70. The molecule has 0 amide bonds. The summed E-state index contributed by atoms with van der Waals surface area (Å²) >= 11 is 1.48. The van der Waals surface area contributed by atoms with Gasteiger partial charge in [0.25, 0.3) is 0 Å². The molecule has 0 aliphatic heterocycles. The van der Waals surface area contributed by atoms with Crippen LogP contribution in [0.4, 0.5) is 0 Å².